The summed E-state index contributed by atoms with van der Waals surface area (Å²) in [4.78, 5) is 15.6. The van der Waals surface area contributed by atoms with Gasteiger partial charge in [-0.15, -0.1) is 12.4 Å². The van der Waals surface area contributed by atoms with Crippen molar-refractivity contribution in [3.05, 3.63) is 40.7 Å². The molecule has 1 aromatic carbocycles. The molecule has 1 saturated carbocycles. The Morgan fingerprint density at radius 3 is 2.86 bits per heavy atom. The second-order valence-electron chi connectivity index (χ2n) is 7.87. The number of H-pyrrole nitrogens is 1. The molecule has 156 valence electrons. The van der Waals surface area contributed by atoms with Gasteiger partial charge in [-0.25, -0.2) is 0 Å². The summed E-state index contributed by atoms with van der Waals surface area (Å²) < 4.78 is 10.9. The fraction of sp³-hybridized carbons (Fsp3) is 0.524. The van der Waals surface area contributed by atoms with Crippen LogP contribution in [0.1, 0.15) is 59.4 Å². The number of carbonyl (C=O) groups excluding carboxylic acids is 1. The molecule has 1 aromatic heterocycles. The zero-order valence-corrected chi connectivity index (χ0v) is 17.2. The Labute approximate surface area is 176 Å². The number of rotatable bonds is 4. The van der Waals surface area contributed by atoms with Crippen LogP contribution in [0.25, 0.3) is 0 Å². The molecule has 0 unspecified atom stereocenters. The predicted molar refractivity (Wildman–Crippen MR) is 111 cm³/mol. The Morgan fingerprint density at radius 2 is 2.00 bits per heavy atom. The van der Waals surface area contributed by atoms with Crippen LogP contribution in [0.3, 0.4) is 0 Å². The van der Waals surface area contributed by atoms with Crippen molar-refractivity contribution in [3.8, 4) is 11.5 Å². The van der Waals surface area contributed by atoms with E-state index >= 15 is 0 Å². The molecule has 8 heteroatoms. The van der Waals surface area contributed by atoms with Crippen LogP contribution in [0.4, 0.5) is 0 Å². The number of aromatic nitrogens is 2. The number of nitrogens with zero attached hydrogens (tertiary/aromatic N) is 2. The van der Waals surface area contributed by atoms with Crippen molar-refractivity contribution in [2.45, 2.75) is 57.7 Å². The Balaban J connectivity index is 0.00000205. The van der Waals surface area contributed by atoms with Gasteiger partial charge in [0.1, 0.15) is 0 Å². The summed E-state index contributed by atoms with van der Waals surface area (Å²) in [6, 6.07) is 6.21. The first-order chi connectivity index (χ1) is 13.8. The van der Waals surface area contributed by atoms with Crippen molar-refractivity contribution in [3.63, 3.8) is 0 Å². The van der Waals surface area contributed by atoms with Gasteiger partial charge in [0, 0.05) is 43.4 Å². The third kappa shape index (κ3) is 3.94. The number of aromatic amines is 1. The molecule has 0 atom stereocenters. The van der Waals surface area contributed by atoms with Crippen molar-refractivity contribution in [1.82, 2.24) is 20.4 Å². The highest BCUT2D eigenvalue weighted by molar-refractivity contribution is 5.94. The lowest BCUT2D eigenvalue weighted by atomic mass is 9.93. The van der Waals surface area contributed by atoms with E-state index in [4.69, 9.17) is 9.47 Å². The van der Waals surface area contributed by atoms with Gasteiger partial charge >= 0.3 is 0 Å². The fourth-order valence-electron chi connectivity index (χ4n) is 4.53. The molecular formula is C21H27ClN4O3. The van der Waals surface area contributed by atoms with Crippen LogP contribution in [0.2, 0.25) is 0 Å². The molecule has 3 aliphatic rings. The lowest BCUT2D eigenvalue weighted by Crippen LogP contribution is -2.41. The molecule has 0 spiro atoms. The third-order valence-corrected chi connectivity index (χ3v) is 6.08. The summed E-state index contributed by atoms with van der Waals surface area (Å²) in [6.07, 6.45) is 6.61. The van der Waals surface area contributed by atoms with Crippen LogP contribution in [0.15, 0.2) is 18.2 Å². The molecular weight excluding hydrogens is 392 g/mol. The number of carbonyl (C=O) groups is 1. The second-order valence-corrected chi connectivity index (χ2v) is 7.87. The zero-order chi connectivity index (χ0) is 18.9. The molecule has 1 aliphatic carbocycles. The van der Waals surface area contributed by atoms with E-state index in [1.165, 1.54) is 19.3 Å². The highest BCUT2D eigenvalue weighted by Crippen LogP contribution is 2.34. The Bertz CT molecular complexity index is 879. The van der Waals surface area contributed by atoms with E-state index in [1.54, 1.807) is 0 Å². The van der Waals surface area contributed by atoms with E-state index in [2.05, 4.69) is 15.5 Å². The first-order valence-corrected chi connectivity index (χ1v) is 10.3. The number of fused-ring (bicyclic) bond motifs is 2. The number of benzene rings is 1. The van der Waals surface area contributed by atoms with Gasteiger partial charge in [-0.2, -0.15) is 5.10 Å². The molecule has 1 fully saturated rings. The summed E-state index contributed by atoms with van der Waals surface area (Å²) in [5, 5.41) is 10.9. The molecule has 0 bridgehead atoms. The number of halogens is 1. The lowest BCUT2D eigenvalue weighted by molar-refractivity contribution is 0.0606. The van der Waals surface area contributed by atoms with Crippen LogP contribution < -0.4 is 14.8 Å². The molecule has 5 rings (SSSR count). The van der Waals surface area contributed by atoms with Crippen molar-refractivity contribution in [2.24, 2.45) is 0 Å². The fourth-order valence-corrected chi connectivity index (χ4v) is 4.53. The maximum atomic E-state index is 13.6. The number of hydrogen-bond donors (Lipinski definition) is 2. The summed E-state index contributed by atoms with van der Waals surface area (Å²) in [5.74, 6) is 1.56. The Hall–Kier alpha value is -2.25. The highest BCUT2D eigenvalue weighted by atomic mass is 35.5. The van der Waals surface area contributed by atoms with E-state index in [1.807, 2.05) is 23.1 Å². The van der Waals surface area contributed by atoms with Crippen molar-refractivity contribution >= 4 is 18.3 Å². The van der Waals surface area contributed by atoms with E-state index in [-0.39, 0.29) is 31.1 Å². The number of hydrogen-bond acceptors (Lipinski definition) is 5. The maximum Gasteiger partial charge on any atom is 0.275 e. The Morgan fingerprint density at radius 1 is 1.17 bits per heavy atom. The van der Waals surface area contributed by atoms with Gasteiger partial charge in [-0.05, 0) is 30.5 Å². The average molecular weight is 419 g/mol. The monoisotopic (exact) mass is 418 g/mol. The minimum absolute atomic E-state index is 0. The van der Waals surface area contributed by atoms with E-state index < -0.39 is 0 Å². The largest absolute Gasteiger partial charge is 0.454 e. The molecule has 2 N–H and O–H groups in total. The van der Waals surface area contributed by atoms with Gasteiger partial charge in [0.25, 0.3) is 5.91 Å². The van der Waals surface area contributed by atoms with Crippen molar-refractivity contribution in [2.75, 3.05) is 13.3 Å². The van der Waals surface area contributed by atoms with Gasteiger partial charge in [0.15, 0.2) is 17.2 Å². The molecule has 2 aliphatic heterocycles. The first kappa shape index (κ1) is 20.0. The van der Waals surface area contributed by atoms with Crippen LogP contribution in [-0.2, 0) is 19.5 Å². The summed E-state index contributed by atoms with van der Waals surface area (Å²) >= 11 is 0. The second kappa shape index (κ2) is 8.63. The van der Waals surface area contributed by atoms with Gasteiger partial charge in [0.2, 0.25) is 6.79 Å². The highest BCUT2D eigenvalue weighted by Gasteiger charge is 2.31. The van der Waals surface area contributed by atoms with Crippen LogP contribution in [-0.4, -0.2) is 40.4 Å². The molecule has 1 amide bonds. The molecule has 29 heavy (non-hydrogen) atoms. The number of nitrogens with one attached hydrogen (secondary N) is 2. The minimum Gasteiger partial charge on any atom is -0.454 e. The molecule has 0 radical (unpaired) electrons. The normalized spacial score (nSPS) is 18.1. The van der Waals surface area contributed by atoms with Gasteiger partial charge in [-0.1, -0.05) is 25.3 Å². The van der Waals surface area contributed by atoms with Gasteiger partial charge < -0.3 is 19.7 Å². The standard InChI is InChI=1S/C21H26N4O3.ClH/c26-21(20-16-11-22-9-8-17(16)23-24-20)25(15-4-2-1-3-5-15)12-14-6-7-18-19(10-14)28-13-27-18;/h6-7,10,15,22H,1-5,8-9,11-13H2,(H,23,24);1H. The third-order valence-electron chi connectivity index (χ3n) is 6.08. The topological polar surface area (TPSA) is 79.5 Å². The van der Waals surface area contributed by atoms with Crippen LogP contribution in [0, 0.1) is 0 Å². The summed E-state index contributed by atoms with van der Waals surface area (Å²) in [7, 11) is 0. The van der Waals surface area contributed by atoms with Crippen molar-refractivity contribution in [1.29, 1.82) is 0 Å². The van der Waals surface area contributed by atoms with Crippen molar-refractivity contribution < 1.29 is 14.3 Å². The van der Waals surface area contributed by atoms with E-state index in [0.717, 1.165) is 54.1 Å². The van der Waals surface area contributed by atoms with E-state index in [9.17, 15) is 4.79 Å². The average Bonchev–Trinajstić information content (AvgIpc) is 3.38. The SMILES string of the molecule is Cl.O=C(c1n[nH]c2c1CNCC2)N(Cc1ccc2c(c1)OCO2)C1CCCCC1. The van der Waals surface area contributed by atoms with Crippen LogP contribution >= 0.6 is 12.4 Å². The van der Waals surface area contributed by atoms with E-state index in [0.29, 0.717) is 18.8 Å². The first-order valence-electron chi connectivity index (χ1n) is 10.3. The zero-order valence-electron chi connectivity index (χ0n) is 16.4. The lowest BCUT2D eigenvalue weighted by Gasteiger charge is -2.34. The van der Waals surface area contributed by atoms with Gasteiger partial charge in [0.05, 0.1) is 0 Å². The molecule has 3 heterocycles. The molecule has 7 nitrogen and oxygen atoms in total. The minimum atomic E-state index is 0. The number of ether oxygens (including phenoxy) is 2. The number of amides is 1. The Kier molecular flexibility index (Phi) is 5.96. The summed E-state index contributed by atoms with van der Waals surface area (Å²) in [6.45, 7) is 2.45. The molecule has 2 aromatic rings. The maximum absolute atomic E-state index is 13.6. The van der Waals surface area contributed by atoms with Crippen LogP contribution in [0.5, 0.6) is 11.5 Å². The smallest absolute Gasteiger partial charge is 0.275 e. The summed E-state index contributed by atoms with van der Waals surface area (Å²) in [5.41, 5.74) is 3.76. The molecule has 0 saturated heterocycles. The van der Waals surface area contributed by atoms with Gasteiger partial charge in [-0.3, -0.25) is 9.89 Å². The quantitative estimate of drug-likeness (QED) is 0.797. The predicted octanol–water partition coefficient (Wildman–Crippen LogP) is 3.18.